The molecule has 1 saturated heterocycles. The fourth-order valence-corrected chi connectivity index (χ4v) is 2.90. The summed E-state index contributed by atoms with van der Waals surface area (Å²) in [5, 5.41) is 9.42. The lowest BCUT2D eigenvalue weighted by Gasteiger charge is -2.44. The summed E-state index contributed by atoms with van der Waals surface area (Å²) in [5.41, 5.74) is 0.926. The number of halogens is 2. The minimum absolute atomic E-state index is 0. The van der Waals surface area contributed by atoms with Gasteiger partial charge in [0, 0.05) is 18.0 Å². The largest absolute Gasteiger partial charge is 0.481 e. The van der Waals surface area contributed by atoms with Crippen LogP contribution < -0.4 is 0 Å². The van der Waals surface area contributed by atoms with Crippen LogP contribution in [0.1, 0.15) is 38.7 Å². The molecule has 0 aromatic heterocycles. The number of carboxylic acid groups (broad SMARTS) is 1. The van der Waals surface area contributed by atoms with Gasteiger partial charge in [-0.25, -0.2) is 4.39 Å². The number of piperidine rings is 1. The van der Waals surface area contributed by atoms with Crippen LogP contribution in [-0.2, 0) is 4.79 Å². The highest BCUT2D eigenvalue weighted by molar-refractivity contribution is 5.85. The van der Waals surface area contributed by atoms with Crippen molar-refractivity contribution in [2.75, 3.05) is 13.1 Å². The number of carbonyl (C=O) groups is 1. The molecule has 1 aliphatic rings. The summed E-state index contributed by atoms with van der Waals surface area (Å²) in [6.45, 7) is 7.89. The summed E-state index contributed by atoms with van der Waals surface area (Å²) in [6, 6.07) is 6.23. The lowest BCUT2D eigenvalue weighted by molar-refractivity contribution is -0.144. The number of likely N-dealkylation sites (tertiary alicyclic amines) is 1. The van der Waals surface area contributed by atoms with E-state index >= 15 is 0 Å². The molecule has 0 radical (unpaired) electrons. The first-order chi connectivity index (χ1) is 9.29. The summed E-state index contributed by atoms with van der Waals surface area (Å²) >= 11 is 0. The molecule has 21 heavy (non-hydrogen) atoms. The molecular formula is C16H23ClFNO2. The van der Waals surface area contributed by atoms with Crippen molar-refractivity contribution >= 4 is 18.4 Å². The van der Waals surface area contributed by atoms with Crippen LogP contribution in [0, 0.1) is 11.7 Å². The van der Waals surface area contributed by atoms with Crippen molar-refractivity contribution in [1.29, 1.82) is 0 Å². The molecule has 1 fully saturated rings. The maximum absolute atomic E-state index is 13.0. The Bertz CT molecular complexity index is 484. The van der Waals surface area contributed by atoms with Crippen molar-refractivity contribution in [3.8, 4) is 0 Å². The number of benzene rings is 1. The zero-order chi connectivity index (χ0) is 14.9. The normalized spacial score (nSPS) is 23.4. The zero-order valence-electron chi connectivity index (χ0n) is 12.7. The fourth-order valence-electron chi connectivity index (χ4n) is 2.90. The summed E-state index contributed by atoms with van der Waals surface area (Å²) in [5.74, 6) is -1.52. The van der Waals surface area contributed by atoms with Crippen molar-refractivity contribution in [1.82, 2.24) is 4.90 Å². The predicted molar refractivity (Wildman–Crippen MR) is 83.5 cm³/mol. The first-order valence-corrected chi connectivity index (χ1v) is 7.02. The van der Waals surface area contributed by atoms with Crippen LogP contribution in [0.4, 0.5) is 4.39 Å². The summed E-state index contributed by atoms with van der Waals surface area (Å²) in [4.78, 5) is 13.8. The second-order valence-electron chi connectivity index (χ2n) is 6.51. The molecule has 2 unspecified atom stereocenters. The van der Waals surface area contributed by atoms with Crippen molar-refractivity contribution < 1.29 is 14.3 Å². The van der Waals surface area contributed by atoms with E-state index in [1.165, 1.54) is 12.1 Å². The van der Waals surface area contributed by atoms with Crippen molar-refractivity contribution in [3.05, 3.63) is 35.6 Å². The first-order valence-electron chi connectivity index (χ1n) is 7.02. The molecule has 3 nitrogen and oxygen atoms in total. The molecule has 0 spiro atoms. The van der Waals surface area contributed by atoms with Crippen LogP contribution in [0.3, 0.4) is 0 Å². The molecule has 2 rings (SSSR count). The van der Waals surface area contributed by atoms with Crippen LogP contribution in [0.2, 0.25) is 0 Å². The van der Waals surface area contributed by atoms with E-state index < -0.39 is 5.97 Å². The third kappa shape index (κ3) is 4.17. The van der Waals surface area contributed by atoms with E-state index in [1.807, 2.05) is 0 Å². The van der Waals surface area contributed by atoms with Gasteiger partial charge >= 0.3 is 5.97 Å². The number of hydrogen-bond donors (Lipinski definition) is 1. The molecular weight excluding hydrogens is 293 g/mol. The van der Waals surface area contributed by atoms with E-state index in [4.69, 9.17) is 0 Å². The van der Waals surface area contributed by atoms with E-state index in [1.54, 1.807) is 12.1 Å². The van der Waals surface area contributed by atoms with Gasteiger partial charge in [0.25, 0.3) is 0 Å². The van der Waals surface area contributed by atoms with Gasteiger partial charge in [-0.15, -0.1) is 12.4 Å². The highest BCUT2D eigenvalue weighted by Gasteiger charge is 2.38. The monoisotopic (exact) mass is 315 g/mol. The minimum atomic E-state index is -0.757. The molecule has 0 amide bonds. The van der Waals surface area contributed by atoms with E-state index in [2.05, 4.69) is 25.7 Å². The Morgan fingerprint density at radius 2 is 1.86 bits per heavy atom. The molecule has 1 aromatic rings. The Hall–Kier alpha value is -1.13. The van der Waals surface area contributed by atoms with Crippen LogP contribution in [-0.4, -0.2) is 34.6 Å². The summed E-state index contributed by atoms with van der Waals surface area (Å²) in [7, 11) is 0. The molecule has 1 N–H and O–H groups in total. The highest BCUT2D eigenvalue weighted by atomic mass is 35.5. The number of hydrogen-bond acceptors (Lipinski definition) is 2. The van der Waals surface area contributed by atoms with Gasteiger partial charge in [0.15, 0.2) is 0 Å². The summed E-state index contributed by atoms with van der Waals surface area (Å²) < 4.78 is 13.0. The van der Waals surface area contributed by atoms with Crippen molar-refractivity contribution in [3.63, 3.8) is 0 Å². The lowest BCUT2D eigenvalue weighted by atomic mass is 9.79. The number of carboxylic acids is 1. The maximum Gasteiger partial charge on any atom is 0.307 e. The molecule has 1 aromatic carbocycles. The van der Waals surface area contributed by atoms with Gasteiger partial charge in [-0.05, 0) is 51.4 Å². The number of aliphatic carboxylic acids is 1. The second-order valence-corrected chi connectivity index (χ2v) is 6.51. The van der Waals surface area contributed by atoms with E-state index in [-0.39, 0.29) is 35.6 Å². The van der Waals surface area contributed by atoms with Crippen LogP contribution >= 0.6 is 12.4 Å². The third-order valence-electron chi connectivity index (χ3n) is 4.18. The van der Waals surface area contributed by atoms with Gasteiger partial charge in [-0.3, -0.25) is 9.69 Å². The summed E-state index contributed by atoms with van der Waals surface area (Å²) in [6.07, 6.45) is 0.634. The minimum Gasteiger partial charge on any atom is -0.481 e. The molecule has 118 valence electrons. The van der Waals surface area contributed by atoms with Gasteiger partial charge in [0.1, 0.15) is 5.82 Å². The molecule has 0 bridgehead atoms. The Balaban J connectivity index is 0.00000220. The smallest absolute Gasteiger partial charge is 0.307 e. The highest BCUT2D eigenvalue weighted by Crippen LogP contribution is 2.35. The van der Waals surface area contributed by atoms with E-state index in [0.717, 1.165) is 12.1 Å². The number of nitrogens with zero attached hydrogens (tertiary/aromatic N) is 1. The molecule has 0 saturated carbocycles. The van der Waals surface area contributed by atoms with Gasteiger partial charge in [0.2, 0.25) is 0 Å². The SMILES string of the molecule is CC(C)(C)N1CCC(C(=O)O)C(c2ccc(F)cc2)C1.Cl. The standard InChI is InChI=1S/C16H22FNO2.ClH/c1-16(2,3)18-9-8-13(15(19)20)14(10-18)11-4-6-12(17)7-5-11;/h4-7,13-14H,8-10H2,1-3H3,(H,19,20);1H. The average Bonchev–Trinajstić information content (AvgIpc) is 2.37. The lowest BCUT2D eigenvalue weighted by Crippen LogP contribution is -2.50. The van der Waals surface area contributed by atoms with Gasteiger partial charge in [-0.1, -0.05) is 12.1 Å². The van der Waals surface area contributed by atoms with Crippen LogP contribution in [0.15, 0.2) is 24.3 Å². The quantitative estimate of drug-likeness (QED) is 0.907. The Labute approximate surface area is 131 Å². The average molecular weight is 316 g/mol. The Morgan fingerprint density at radius 3 is 2.33 bits per heavy atom. The van der Waals surface area contributed by atoms with Crippen molar-refractivity contribution in [2.24, 2.45) is 5.92 Å². The first kappa shape index (κ1) is 17.9. The molecule has 1 aliphatic heterocycles. The van der Waals surface area contributed by atoms with E-state index in [9.17, 15) is 14.3 Å². The van der Waals surface area contributed by atoms with Crippen molar-refractivity contribution in [2.45, 2.75) is 38.6 Å². The van der Waals surface area contributed by atoms with Crippen LogP contribution in [0.25, 0.3) is 0 Å². The topological polar surface area (TPSA) is 40.5 Å². The Kier molecular flexibility index (Phi) is 5.76. The van der Waals surface area contributed by atoms with E-state index in [0.29, 0.717) is 13.0 Å². The molecule has 2 atom stereocenters. The van der Waals surface area contributed by atoms with Crippen LogP contribution in [0.5, 0.6) is 0 Å². The second kappa shape index (κ2) is 6.75. The maximum atomic E-state index is 13.0. The molecule has 5 heteroatoms. The predicted octanol–water partition coefficient (Wildman–Crippen LogP) is 3.54. The number of rotatable bonds is 2. The van der Waals surface area contributed by atoms with Gasteiger partial charge in [-0.2, -0.15) is 0 Å². The van der Waals surface area contributed by atoms with Gasteiger partial charge < -0.3 is 5.11 Å². The van der Waals surface area contributed by atoms with Gasteiger partial charge in [0.05, 0.1) is 5.92 Å². The molecule has 0 aliphatic carbocycles. The molecule has 1 heterocycles. The Morgan fingerprint density at radius 1 is 1.29 bits per heavy atom. The zero-order valence-corrected chi connectivity index (χ0v) is 13.5. The fraction of sp³-hybridized carbons (Fsp3) is 0.562. The third-order valence-corrected chi connectivity index (χ3v) is 4.18.